The number of aromatic nitrogens is 1. The van der Waals surface area contributed by atoms with Crippen molar-refractivity contribution >= 4 is 32.4 Å². The first-order chi connectivity index (χ1) is 12.1. The number of halogens is 4. The molecular weight excluding hydrogens is 427 g/mol. The molecule has 0 saturated carbocycles. The van der Waals surface area contributed by atoms with Gasteiger partial charge in [-0.15, -0.1) is 11.3 Å². The molecule has 0 aliphatic carbocycles. The zero-order valence-electron chi connectivity index (χ0n) is 14.6. The first kappa shape index (κ1) is 19.6. The second-order valence-corrected chi connectivity index (χ2v) is 9.01. The molecule has 2 heterocycles. The smallest absolute Gasteiger partial charge is 0.375 e. The van der Waals surface area contributed by atoms with Crippen LogP contribution in [0.1, 0.15) is 37.1 Å². The number of hydrogen-bond acceptors (Lipinski definition) is 4. The van der Waals surface area contributed by atoms with Crippen LogP contribution in [0.5, 0.6) is 0 Å². The number of hydrogen-bond donors (Lipinski definition) is 1. The van der Waals surface area contributed by atoms with Gasteiger partial charge in [-0.05, 0) is 43.5 Å². The highest BCUT2D eigenvalue weighted by Crippen LogP contribution is 2.38. The Balaban J connectivity index is 1.96. The molecule has 1 fully saturated rings. The van der Waals surface area contributed by atoms with Crippen LogP contribution in [0.15, 0.2) is 22.7 Å². The summed E-state index contributed by atoms with van der Waals surface area (Å²) < 4.78 is 39.9. The van der Waals surface area contributed by atoms with E-state index in [4.69, 9.17) is 5.73 Å². The molecule has 2 aromatic rings. The number of likely N-dealkylation sites (tertiary alicyclic amines) is 1. The first-order valence-corrected chi connectivity index (χ1v) is 10.1. The maximum atomic E-state index is 13.2. The lowest BCUT2D eigenvalue weighted by molar-refractivity contribution is -0.137. The third kappa shape index (κ3) is 4.23. The number of anilines is 1. The summed E-state index contributed by atoms with van der Waals surface area (Å²) in [5, 5.41) is 0.379. The van der Waals surface area contributed by atoms with Gasteiger partial charge in [0.25, 0.3) is 0 Å². The van der Waals surface area contributed by atoms with E-state index < -0.39 is 11.7 Å². The van der Waals surface area contributed by atoms with Crippen LogP contribution in [0.25, 0.3) is 11.3 Å². The van der Waals surface area contributed by atoms with Crippen LogP contribution < -0.4 is 5.73 Å². The van der Waals surface area contributed by atoms with Crippen molar-refractivity contribution < 1.29 is 13.2 Å². The zero-order valence-corrected chi connectivity index (χ0v) is 17.0. The van der Waals surface area contributed by atoms with Crippen molar-refractivity contribution in [2.45, 2.75) is 45.5 Å². The molecule has 0 radical (unpaired) electrons. The Bertz CT molecular complexity index is 788. The van der Waals surface area contributed by atoms with Crippen molar-refractivity contribution in [2.75, 3.05) is 12.3 Å². The Morgan fingerprint density at radius 1 is 1.35 bits per heavy atom. The van der Waals surface area contributed by atoms with Crippen LogP contribution in [0, 0.1) is 5.92 Å². The lowest BCUT2D eigenvalue weighted by Gasteiger charge is -2.27. The molecule has 1 aliphatic heterocycles. The van der Waals surface area contributed by atoms with Gasteiger partial charge in [0.05, 0.1) is 11.3 Å². The maximum absolute atomic E-state index is 13.2. The molecule has 0 spiro atoms. The Morgan fingerprint density at radius 3 is 2.73 bits per heavy atom. The fourth-order valence-corrected chi connectivity index (χ4v) is 4.95. The highest BCUT2D eigenvalue weighted by Gasteiger charge is 2.32. The lowest BCUT2D eigenvalue weighted by Crippen LogP contribution is -2.32. The van der Waals surface area contributed by atoms with Crippen LogP contribution in [0.3, 0.4) is 0 Å². The average molecular weight is 448 g/mol. The number of nitrogens with zero attached hydrogens (tertiary/aromatic N) is 2. The van der Waals surface area contributed by atoms with Crippen LogP contribution in [-0.4, -0.2) is 22.5 Å². The maximum Gasteiger partial charge on any atom is 0.416 e. The van der Waals surface area contributed by atoms with E-state index in [1.807, 2.05) is 0 Å². The quantitative estimate of drug-likeness (QED) is 0.644. The van der Waals surface area contributed by atoms with Gasteiger partial charge in [-0.2, -0.15) is 13.2 Å². The van der Waals surface area contributed by atoms with Crippen LogP contribution in [-0.2, 0) is 12.7 Å². The minimum absolute atomic E-state index is 0.376. The molecule has 0 amide bonds. The number of nitrogen functional groups attached to an aromatic ring is 1. The number of nitrogens with two attached hydrogens (primary N) is 1. The summed E-state index contributed by atoms with van der Waals surface area (Å²) in [6.07, 6.45) is -2.12. The summed E-state index contributed by atoms with van der Waals surface area (Å²) in [5.74, 6) is 0.536. The van der Waals surface area contributed by atoms with Crippen molar-refractivity contribution in [3.8, 4) is 11.3 Å². The van der Waals surface area contributed by atoms with Gasteiger partial charge >= 0.3 is 6.18 Å². The molecule has 0 bridgehead atoms. The third-order valence-electron chi connectivity index (χ3n) is 4.74. The van der Waals surface area contributed by atoms with Crippen molar-refractivity contribution in [3.63, 3.8) is 0 Å². The molecular formula is C18H21BrF3N3S. The number of alkyl halides is 3. The molecule has 1 atom stereocenters. The van der Waals surface area contributed by atoms with E-state index in [1.54, 1.807) is 6.07 Å². The fraction of sp³-hybridized carbons (Fsp3) is 0.500. The van der Waals surface area contributed by atoms with Crippen molar-refractivity contribution in [1.29, 1.82) is 0 Å². The van der Waals surface area contributed by atoms with E-state index >= 15 is 0 Å². The SMILES string of the molecule is CC(C)[C@@H]1CCCN1Cc1sc(N)nc1-c1cc(Br)cc(C(F)(F)F)c1. The van der Waals surface area contributed by atoms with Crippen molar-refractivity contribution in [2.24, 2.45) is 5.92 Å². The van der Waals surface area contributed by atoms with E-state index in [-0.39, 0.29) is 0 Å². The van der Waals surface area contributed by atoms with E-state index in [0.717, 1.165) is 36.4 Å². The van der Waals surface area contributed by atoms with Gasteiger partial charge in [-0.25, -0.2) is 4.98 Å². The summed E-state index contributed by atoms with van der Waals surface area (Å²) in [7, 11) is 0. The molecule has 26 heavy (non-hydrogen) atoms. The van der Waals surface area contributed by atoms with Gasteiger partial charge < -0.3 is 5.73 Å². The predicted octanol–water partition coefficient (Wildman–Crippen LogP) is 5.79. The Labute approximate surface area is 163 Å². The Kier molecular flexibility index (Phi) is 5.65. The predicted molar refractivity (Wildman–Crippen MR) is 103 cm³/mol. The van der Waals surface area contributed by atoms with Crippen molar-refractivity contribution in [3.05, 3.63) is 33.1 Å². The standard InChI is InChI=1S/C18H21BrF3N3S/c1-10(2)14-4-3-5-25(14)9-15-16(24-17(23)26-15)11-6-12(18(20,21)22)8-13(19)7-11/h6-8,10,14H,3-5,9H2,1-2H3,(H2,23,24)/t14-/m0/s1. The molecule has 1 saturated heterocycles. The highest BCUT2D eigenvalue weighted by atomic mass is 79.9. The number of benzene rings is 1. The molecule has 3 nitrogen and oxygen atoms in total. The molecule has 8 heteroatoms. The van der Waals surface area contributed by atoms with Gasteiger partial charge in [0.2, 0.25) is 0 Å². The van der Waals surface area contributed by atoms with E-state index in [9.17, 15) is 13.2 Å². The van der Waals surface area contributed by atoms with Crippen molar-refractivity contribution in [1.82, 2.24) is 9.88 Å². The second kappa shape index (κ2) is 7.48. The summed E-state index contributed by atoms with van der Waals surface area (Å²) in [5.41, 5.74) is 6.20. The number of rotatable bonds is 4. The minimum Gasteiger partial charge on any atom is -0.375 e. The van der Waals surface area contributed by atoms with Crippen LogP contribution in [0.2, 0.25) is 0 Å². The van der Waals surface area contributed by atoms with Gasteiger partial charge in [-0.3, -0.25) is 4.90 Å². The molecule has 1 aliphatic rings. The fourth-order valence-electron chi connectivity index (χ4n) is 3.58. The third-order valence-corrected chi connectivity index (χ3v) is 6.07. The second-order valence-electron chi connectivity index (χ2n) is 6.97. The molecule has 1 aromatic carbocycles. The normalized spacial score (nSPS) is 18.8. The monoisotopic (exact) mass is 447 g/mol. The van der Waals surface area contributed by atoms with Gasteiger partial charge in [0.1, 0.15) is 0 Å². The van der Waals surface area contributed by atoms with E-state index in [0.29, 0.717) is 39.4 Å². The highest BCUT2D eigenvalue weighted by molar-refractivity contribution is 9.10. The van der Waals surface area contributed by atoms with E-state index in [1.165, 1.54) is 11.3 Å². The molecule has 3 rings (SSSR count). The summed E-state index contributed by atoms with van der Waals surface area (Å²) in [4.78, 5) is 7.65. The van der Waals surface area contributed by atoms with Gasteiger partial charge in [-0.1, -0.05) is 29.8 Å². The largest absolute Gasteiger partial charge is 0.416 e. The number of thiazole rings is 1. The topological polar surface area (TPSA) is 42.1 Å². The summed E-state index contributed by atoms with van der Waals surface area (Å²) in [6, 6.07) is 4.37. The van der Waals surface area contributed by atoms with Gasteiger partial charge in [0.15, 0.2) is 5.13 Å². The summed E-state index contributed by atoms with van der Waals surface area (Å²) in [6.45, 7) is 6.07. The van der Waals surface area contributed by atoms with Crippen LogP contribution in [0.4, 0.5) is 18.3 Å². The minimum atomic E-state index is -4.40. The molecule has 142 valence electrons. The van der Waals surface area contributed by atoms with Gasteiger partial charge in [0, 0.05) is 27.5 Å². The molecule has 2 N–H and O–H groups in total. The zero-order chi connectivity index (χ0) is 19.1. The summed E-state index contributed by atoms with van der Waals surface area (Å²) >= 11 is 4.54. The van der Waals surface area contributed by atoms with E-state index in [2.05, 4.69) is 39.7 Å². The van der Waals surface area contributed by atoms with Crippen LogP contribution >= 0.6 is 27.3 Å². The molecule has 1 aromatic heterocycles. The Hall–Kier alpha value is -1.12. The molecule has 0 unspecified atom stereocenters. The lowest BCUT2D eigenvalue weighted by atomic mass is 10.0. The average Bonchev–Trinajstić information content (AvgIpc) is 3.13. The first-order valence-electron chi connectivity index (χ1n) is 8.52. The Morgan fingerprint density at radius 2 is 2.08 bits per heavy atom.